The Hall–Kier alpha value is -3.28. The van der Waals surface area contributed by atoms with Crippen molar-refractivity contribution in [2.24, 2.45) is 0 Å². The molecule has 1 aliphatic rings. The van der Waals surface area contributed by atoms with Crippen molar-refractivity contribution in [3.8, 4) is 11.5 Å². The molecule has 0 unspecified atom stereocenters. The van der Waals surface area contributed by atoms with Gasteiger partial charge in [-0.1, -0.05) is 32.9 Å². The van der Waals surface area contributed by atoms with Crippen LogP contribution < -0.4 is 20.1 Å². The lowest BCUT2D eigenvalue weighted by Gasteiger charge is -2.19. The molecule has 2 heterocycles. The zero-order chi connectivity index (χ0) is 20.4. The van der Waals surface area contributed by atoms with E-state index in [-0.39, 0.29) is 5.41 Å². The number of fused-ring (bicyclic) bond motifs is 1. The highest BCUT2D eigenvalue weighted by atomic mass is 16.6. The zero-order valence-corrected chi connectivity index (χ0v) is 17.2. The molecule has 0 aliphatic carbocycles. The largest absolute Gasteiger partial charge is 0.486 e. The maximum Gasteiger partial charge on any atom is 0.229 e. The van der Waals surface area contributed by atoms with Crippen LogP contribution in [0.1, 0.15) is 32.0 Å². The molecule has 29 heavy (non-hydrogen) atoms. The van der Waals surface area contributed by atoms with E-state index in [1.165, 1.54) is 5.56 Å². The number of benzene rings is 2. The summed E-state index contributed by atoms with van der Waals surface area (Å²) in [6.45, 7) is 9.70. The quantitative estimate of drug-likeness (QED) is 0.627. The molecule has 0 saturated heterocycles. The summed E-state index contributed by atoms with van der Waals surface area (Å²) in [6.07, 6.45) is 0. The van der Waals surface area contributed by atoms with E-state index in [0.29, 0.717) is 25.0 Å². The fraction of sp³-hybridized carbons (Fsp3) is 0.304. The second-order valence-electron chi connectivity index (χ2n) is 8.15. The van der Waals surface area contributed by atoms with Crippen molar-refractivity contribution < 1.29 is 9.47 Å². The molecule has 3 aromatic rings. The molecule has 150 valence electrons. The van der Waals surface area contributed by atoms with Crippen LogP contribution in [0.25, 0.3) is 0 Å². The second kappa shape index (κ2) is 7.62. The van der Waals surface area contributed by atoms with E-state index in [9.17, 15) is 0 Å². The normalized spacial score (nSPS) is 13.1. The highest BCUT2D eigenvalue weighted by Crippen LogP contribution is 2.33. The first-order valence-corrected chi connectivity index (χ1v) is 9.77. The molecule has 1 aromatic heterocycles. The lowest BCUT2D eigenvalue weighted by molar-refractivity contribution is 0.171. The van der Waals surface area contributed by atoms with Crippen molar-refractivity contribution in [1.82, 2.24) is 9.97 Å². The number of aromatic nitrogens is 2. The number of hydrogen-bond donors (Lipinski definition) is 2. The van der Waals surface area contributed by atoms with Gasteiger partial charge in [0.25, 0.3) is 0 Å². The van der Waals surface area contributed by atoms with Crippen LogP contribution >= 0.6 is 0 Å². The Bertz CT molecular complexity index is 1010. The Labute approximate surface area is 171 Å². The standard InChI is InChI=1S/C23H26N4O2/c1-15-13-21(25-18-9-10-19-20(14-18)29-12-11-28-19)27-22(24-15)26-17-7-5-16(6-8-17)23(2,3)4/h5-10,13-14H,11-12H2,1-4H3,(H2,24,25,26,27). The first-order chi connectivity index (χ1) is 13.9. The number of hydrogen-bond acceptors (Lipinski definition) is 6. The van der Waals surface area contributed by atoms with E-state index >= 15 is 0 Å². The van der Waals surface area contributed by atoms with Crippen LogP contribution in [0.15, 0.2) is 48.5 Å². The molecule has 1 aliphatic heterocycles. The van der Waals surface area contributed by atoms with Crippen LogP contribution in [-0.4, -0.2) is 23.2 Å². The van der Waals surface area contributed by atoms with Crippen molar-refractivity contribution in [3.05, 3.63) is 59.8 Å². The van der Waals surface area contributed by atoms with Crippen molar-refractivity contribution in [3.63, 3.8) is 0 Å². The van der Waals surface area contributed by atoms with Gasteiger partial charge < -0.3 is 20.1 Å². The van der Waals surface area contributed by atoms with Crippen LogP contribution in [0.4, 0.5) is 23.1 Å². The van der Waals surface area contributed by atoms with Gasteiger partial charge >= 0.3 is 0 Å². The van der Waals surface area contributed by atoms with Crippen molar-refractivity contribution in [2.45, 2.75) is 33.1 Å². The third-order valence-electron chi connectivity index (χ3n) is 4.68. The van der Waals surface area contributed by atoms with Gasteiger partial charge in [-0.05, 0) is 42.2 Å². The number of rotatable bonds is 4. The second-order valence-corrected chi connectivity index (χ2v) is 8.15. The molecule has 0 radical (unpaired) electrons. The summed E-state index contributed by atoms with van der Waals surface area (Å²) < 4.78 is 11.2. The third kappa shape index (κ3) is 4.59. The number of nitrogens with zero attached hydrogens (tertiary/aromatic N) is 2. The number of nitrogens with one attached hydrogen (secondary N) is 2. The first-order valence-electron chi connectivity index (χ1n) is 9.77. The van der Waals surface area contributed by atoms with Gasteiger partial charge in [0, 0.05) is 29.2 Å². The average Bonchev–Trinajstić information content (AvgIpc) is 2.67. The molecular formula is C23H26N4O2. The minimum absolute atomic E-state index is 0.124. The van der Waals surface area contributed by atoms with E-state index in [4.69, 9.17) is 9.47 Å². The predicted molar refractivity (Wildman–Crippen MR) is 116 cm³/mol. The van der Waals surface area contributed by atoms with Gasteiger partial charge in [-0.15, -0.1) is 0 Å². The zero-order valence-electron chi connectivity index (χ0n) is 17.2. The molecule has 0 atom stereocenters. The van der Waals surface area contributed by atoms with E-state index in [0.717, 1.165) is 28.6 Å². The minimum Gasteiger partial charge on any atom is -0.486 e. The minimum atomic E-state index is 0.124. The number of aryl methyl sites for hydroxylation is 1. The summed E-state index contributed by atoms with van der Waals surface area (Å²) in [6, 6.07) is 16.1. The summed E-state index contributed by atoms with van der Waals surface area (Å²) in [4.78, 5) is 9.11. The summed E-state index contributed by atoms with van der Waals surface area (Å²) in [7, 11) is 0. The average molecular weight is 390 g/mol. The molecular weight excluding hydrogens is 364 g/mol. The SMILES string of the molecule is Cc1cc(Nc2ccc3c(c2)OCCO3)nc(Nc2ccc(C(C)(C)C)cc2)n1. The first kappa shape index (κ1) is 19.1. The third-order valence-corrected chi connectivity index (χ3v) is 4.68. The molecule has 0 saturated carbocycles. The molecule has 0 bridgehead atoms. The van der Waals surface area contributed by atoms with Gasteiger partial charge in [0.1, 0.15) is 19.0 Å². The van der Waals surface area contributed by atoms with Crippen LogP contribution in [0.2, 0.25) is 0 Å². The Morgan fingerprint density at radius 2 is 1.48 bits per heavy atom. The lowest BCUT2D eigenvalue weighted by Crippen LogP contribution is -2.15. The summed E-state index contributed by atoms with van der Waals surface area (Å²) in [5.41, 5.74) is 4.11. The fourth-order valence-electron chi connectivity index (χ4n) is 3.14. The Morgan fingerprint density at radius 3 is 2.21 bits per heavy atom. The molecule has 6 nitrogen and oxygen atoms in total. The van der Waals surface area contributed by atoms with Gasteiger partial charge in [-0.3, -0.25) is 0 Å². The van der Waals surface area contributed by atoms with Crippen LogP contribution in [-0.2, 0) is 5.41 Å². The highest BCUT2D eigenvalue weighted by molar-refractivity contribution is 5.63. The number of anilines is 4. The molecule has 2 aromatic carbocycles. The van der Waals surface area contributed by atoms with Crippen molar-refractivity contribution in [2.75, 3.05) is 23.8 Å². The smallest absolute Gasteiger partial charge is 0.229 e. The van der Waals surface area contributed by atoms with Gasteiger partial charge in [0.15, 0.2) is 11.5 Å². The van der Waals surface area contributed by atoms with Gasteiger partial charge in [-0.2, -0.15) is 4.98 Å². The van der Waals surface area contributed by atoms with E-state index in [2.05, 4.69) is 65.6 Å². The fourth-order valence-corrected chi connectivity index (χ4v) is 3.14. The van der Waals surface area contributed by atoms with E-state index < -0.39 is 0 Å². The predicted octanol–water partition coefficient (Wildman–Crippen LogP) is 5.34. The lowest BCUT2D eigenvalue weighted by atomic mass is 9.87. The number of ether oxygens (including phenoxy) is 2. The Balaban J connectivity index is 1.52. The maximum atomic E-state index is 5.65. The molecule has 0 fully saturated rings. The molecule has 0 spiro atoms. The Morgan fingerprint density at radius 1 is 0.793 bits per heavy atom. The van der Waals surface area contributed by atoms with Crippen molar-refractivity contribution >= 4 is 23.1 Å². The summed E-state index contributed by atoms with van der Waals surface area (Å²) in [5.74, 6) is 2.77. The van der Waals surface area contributed by atoms with Crippen LogP contribution in [0.3, 0.4) is 0 Å². The van der Waals surface area contributed by atoms with E-state index in [1.54, 1.807) is 0 Å². The van der Waals surface area contributed by atoms with Crippen LogP contribution in [0.5, 0.6) is 11.5 Å². The van der Waals surface area contributed by atoms with Gasteiger partial charge in [0.2, 0.25) is 5.95 Å². The molecule has 0 amide bonds. The Kier molecular flexibility index (Phi) is 5.01. The molecule has 6 heteroatoms. The maximum absolute atomic E-state index is 5.65. The summed E-state index contributed by atoms with van der Waals surface area (Å²) >= 11 is 0. The van der Waals surface area contributed by atoms with E-state index in [1.807, 2.05) is 31.2 Å². The topological polar surface area (TPSA) is 68.3 Å². The summed E-state index contributed by atoms with van der Waals surface area (Å²) in [5, 5.41) is 6.62. The monoisotopic (exact) mass is 390 g/mol. The molecule has 2 N–H and O–H groups in total. The van der Waals surface area contributed by atoms with Crippen LogP contribution in [0, 0.1) is 6.92 Å². The van der Waals surface area contributed by atoms with Gasteiger partial charge in [-0.25, -0.2) is 4.98 Å². The highest BCUT2D eigenvalue weighted by Gasteiger charge is 2.14. The van der Waals surface area contributed by atoms with Crippen molar-refractivity contribution in [1.29, 1.82) is 0 Å². The molecule has 4 rings (SSSR count). The van der Waals surface area contributed by atoms with Gasteiger partial charge in [0.05, 0.1) is 0 Å².